The number of aryl methyl sites for hydroxylation is 1. The Morgan fingerprint density at radius 1 is 1.12 bits per heavy atom. The average molecular weight is 231 g/mol. The fourth-order valence-corrected chi connectivity index (χ4v) is 2.08. The molecule has 2 heterocycles. The van der Waals surface area contributed by atoms with Gasteiger partial charge in [-0.3, -0.25) is 0 Å². The minimum absolute atomic E-state index is 0.377. The van der Waals surface area contributed by atoms with Gasteiger partial charge in [-0.05, 0) is 18.9 Å². The maximum atomic E-state index is 4.75. The van der Waals surface area contributed by atoms with Crippen molar-refractivity contribution in [3.05, 3.63) is 23.8 Å². The van der Waals surface area contributed by atoms with Gasteiger partial charge in [-0.15, -0.1) is 0 Å². The SMILES string of the molecule is CCn1ccc2nc(C(C)C)nc(C(C)C)c21. The number of fused-ring (bicyclic) bond motifs is 1. The molecular weight excluding hydrogens is 210 g/mol. The summed E-state index contributed by atoms with van der Waals surface area (Å²) >= 11 is 0. The Morgan fingerprint density at radius 3 is 2.35 bits per heavy atom. The highest BCUT2D eigenvalue weighted by molar-refractivity contribution is 5.78. The van der Waals surface area contributed by atoms with Crippen molar-refractivity contribution >= 4 is 11.0 Å². The van der Waals surface area contributed by atoms with Crippen molar-refractivity contribution in [1.82, 2.24) is 14.5 Å². The van der Waals surface area contributed by atoms with Crippen LogP contribution >= 0.6 is 0 Å². The van der Waals surface area contributed by atoms with Crippen molar-refractivity contribution < 1.29 is 0 Å². The van der Waals surface area contributed by atoms with E-state index in [1.54, 1.807) is 0 Å². The van der Waals surface area contributed by atoms with E-state index >= 15 is 0 Å². The zero-order valence-corrected chi connectivity index (χ0v) is 11.4. The highest BCUT2D eigenvalue weighted by Gasteiger charge is 2.15. The van der Waals surface area contributed by atoms with Crippen molar-refractivity contribution in [1.29, 1.82) is 0 Å². The van der Waals surface area contributed by atoms with Gasteiger partial charge in [0.15, 0.2) is 0 Å². The zero-order valence-electron chi connectivity index (χ0n) is 11.4. The van der Waals surface area contributed by atoms with Crippen LogP contribution in [0.4, 0.5) is 0 Å². The van der Waals surface area contributed by atoms with Crippen LogP contribution in [0, 0.1) is 0 Å². The third-order valence-corrected chi connectivity index (χ3v) is 3.06. The molecule has 0 aromatic carbocycles. The molecule has 0 atom stereocenters. The van der Waals surface area contributed by atoms with E-state index in [0.717, 1.165) is 17.9 Å². The van der Waals surface area contributed by atoms with Crippen LogP contribution in [0.2, 0.25) is 0 Å². The molecule has 0 amide bonds. The molecule has 0 radical (unpaired) electrons. The van der Waals surface area contributed by atoms with Crippen LogP contribution in [0.15, 0.2) is 12.3 Å². The topological polar surface area (TPSA) is 30.7 Å². The summed E-state index contributed by atoms with van der Waals surface area (Å²) < 4.78 is 2.23. The number of hydrogen-bond donors (Lipinski definition) is 0. The molecule has 3 nitrogen and oxygen atoms in total. The van der Waals surface area contributed by atoms with E-state index in [9.17, 15) is 0 Å². The van der Waals surface area contributed by atoms with Gasteiger partial charge < -0.3 is 4.57 Å². The minimum atomic E-state index is 0.377. The van der Waals surface area contributed by atoms with E-state index in [0.29, 0.717) is 11.8 Å². The van der Waals surface area contributed by atoms with Gasteiger partial charge in [-0.1, -0.05) is 27.7 Å². The largest absolute Gasteiger partial charge is 0.345 e. The second-order valence-corrected chi connectivity index (χ2v) is 5.11. The van der Waals surface area contributed by atoms with Crippen LogP contribution in [-0.4, -0.2) is 14.5 Å². The predicted molar refractivity (Wildman–Crippen MR) is 71.4 cm³/mol. The Bertz CT molecular complexity index is 523. The van der Waals surface area contributed by atoms with E-state index in [2.05, 4.69) is 56.4 Å². The lowest BCUT2D eigenvalue weighted by Crippen LogP contribution is -2.06. The van der Waals surface area contributed by atoms with Crippen LogP contribution in [0.25, 0.3) is 11.0 Å². The molecule has 17 heavy (non-hydrogen) atoms. The van der Waals surface area contributed by atoms with E-state index in [1.165, 1.54) is 11.2 Å². The fraction of sp³-hybridized carbons (Fsp3) is 0.571. The van der Waals surface area contributed by atoms with E-state index in [4.69, 9.17) is 4.98 Å². The molecule has 0 aliphatic carbocycles. The van der Waals surface area contributed by atoms with Crippen LogP contribution in [-0.2, 0) is 6.54 Å². The molecule has 2 aromatic heterocycles. The van der Waals surface area contributed by atoms with Gasteiger partial charge in [0.1, 0.15) is 5.82 Å². The number of hydrogen-bond acceptors (Lipinski definition) is 2. The highest BCUT2D eigenvalue weighted by atomic mass is 15.0. The first-order valence-electron chi connectivity index (χ1n) is 6.41. The molecule has 2 rings (SSSR count). The van der Waals surface area contributed by atoms with Gasteiger partial charge in [-0.25, -0.2) is 9.97 Å². The number of nitrogens with zero attached hydrogens (tertiary/aromatic N) is 3. The first-order chi connectivity index (χ1) is 8.04. The van der Waals surface area contributed by atoms with Crippen molar-refractivity contribution in [2.45, 2.75) is 53.0 Å². The van der Waals surface area contributed by atoms with Gasteiger partial charge in [0.2, 0.25) is 0 Å². The summed E-state index contributed by atoms with van der Waals surface area (Å²) in [6, 6.07) is 2.10. The summed E-state index contributed by atoms with van der Waals surface area (Å²) in [6.07, 6.45) is 2.11. The van der Waals surface area contributed by atoms with Gasteiger partial charge in [-0.2, -0.15) is 0 Å². The lowest BCUT2D eigenvalue weighted by Gasteiger charge is -2.13. The summed E-state index contributed by atoms with van der Waals surface area (Å²) in [5, 5.41) is 0. The maximum absolute atomic E-state index is 4.75. The third-order valence-electron chi connectivity index (χ3n) is 3.06. The molecule has 92 valence electrons. The minimum Gasteiger partial charge on any atom is -0.345 e. The molecule has 0 unspecified atom stereocenters. The molecule has 0 saturated heterocycles. The first-order valence-corrected chi connectivity index (χ1v) is 6.41. The normalized spacial score (nSPS) is 11.9. The Morgan fingerprint density at radius 2 is 1.82 bits per heavy atom. The third kappa shape index (κ3) is 2.06. The maximum Gasteiger partial charge on any atom is 0.131 e. The first kappa shape index (κ1) is 12.1. The summed E-state index contributed by atoms with van der Waals surface area (Å²) in [5.74, 6) is 1.76. The smallest absolute Gasteiger partial charge is 0.131 e. The van der Waals surface area contributed by atoms with Crippen molar-refractivity contribution in [2.75, 3.05) is 0 Å². The van der Waals surface area contributed by atoms with Crippen molar-refractivity contribution in [2.24, 2.45) is 0 Å². The molecule has 0 N–H and O–H groups in total. The van der Waals surface area contributed by atoms with E-state index in [1.807, 2.05) is 0 Å². The number of rotatable bonds is 3. The Kier molecular flexibility index (Phi) is 3.18. The fourth-order valence-electron chi connectivity index (χ4n) is 2.08. The van der Waals surface area contributed by atoms with E-state index < -0.39 is 0 Å². The Balaban J connectivity index is 2.74. The van der Waals surface area contributed by atoms with Crippen molar-refractivity contribution in [3.63, 3.8) is 0 Å². The standard InChI is InChI=1S/C14H21N3/c1-6-17-8-7-11-13(17)12(9(2)3)16-14(15-11)10(4)5/h7-10H,6H2,1-5H3. The van der Waals surface area contributed by atoms with Crippen LogP contribution in [0.5, 0.6) is 0 Å². The molecule has 0 aliphatic rings. The van der Waals surface area contributed by atoms with Gasteiger partial charge in [0.25, 0.3) is 0 Å². The second kappa shape index (κ2) is 4.47. The zero-order chi connectivity index (χ0) is 12.6. The molecule has 0 aliphatic heterocycles. The highest BCUT2D eigenvalue weighted by Crippen LogP contribution is 2.25. The summed E-state index contributed by atoms with van der Waals surface area (Å²) in [5.41, 5.74) is 3.45. The van der Waals surface area contributed by atoms with Crippen LogP contribution < -0.4 is 0 Å². The molecule has 0 bridgehead atoms. The second-order valence-electron chi connectivity index (χ2n) is 5.11. The van der Waals surface area contributed by atoms with Gasteiger partial charge >= 0.3 is 0 Å². The summed E-state index contributed by atoms with van der Waals surface area (Å²) in [4.78, 5) is 9.40. The summed E-state index contributed by atoms with van der Waals surface area (Å²) in [7, 11) is 0. The van der Waals surface area contributed by atoms with Crippen molar-refractivity contribution in [3.8, 4) is 0 Å². The molecule has 0 fully saturated rings. The van der Waals surface area contributed by atoms with Gasteiger partial charge in [0, 0.05) is 18.7 Å². The lowest BCUT2D eigenvalue weighted by atomic mass is 10.1. The molecule has 3 heteroatoms. The monoisotopic (exact) mass is 231 g/mol. The molecule has 0 spiro atoms. The van der Waals surface area contributed by atoms with E-state index in [-0.39, 0.29) is 0 Å². The quantitative estimate of drug-likeness (QED) is 0.806. The van der Waals surface area contributed by atoms with Crippen LogP contribution in [0.3, 0.4) is 0 Å². The molecular formula is C14H21N3. The van der Waals surface area contributed by atoms with Gasteiger partial charge in [0.05, 0.1) is 16.7 Å². The number of aromatic nitrogens is 3. The molecule has 2 aromatic rings. The summed E-state index contributed by atoms with van der Waals surface area (Å²) in [6.45, 7) is 11.8. The lowest BCUT2D eigenvalue weighted by molar-refractivity contribution is 0.726. The Labute approximate surface area is 103 Å². The predicted octanol–water partition coefficient (Wildman–Crippen LogP) is 3.70. The van der Waals surface area contributed by atoms with Crippen LogP contribution in [0.1, 0.15) is 58.0 Å². The average Bonchev–Trinajstić information content (AvgIpc) is 2.70. The Hall–Kier alpha value is -1.38. The molecule has 0 saturated carbocycles.